The maximum Gasteiger partial charge on any atom is 0.264 e. The Balaban J connectivity index is 2.31. The van der Waals surface area contributed by atoms with Crippen LogP contribution in [0.5, 0.6) is 0 Å². The van der Waals surface area contributed by atoms with E-state index >= 15 is 0 Å². The number of pyridine rings is 2. The average molecular weight is 387 g/mol. The summed E-state index contributed by atoms with van der Waals surface area (Å²) in [6, 6.07) is 4.61. The molecule has 2 heterocycles. The van der Waals surface area contributed by atoms with E-state index in [-0.39, 0.29) is 15.7 Å². The molecule has 0 aliphatic heterocycles. The molecule has 0 saturated heterocycles. The molecular weight excluding hydrogens is 376 g/mol. The van der Waals surface area contributed by atoms with Crippen molar-refractivity contribution in [1.29, 1.82) is 0 Å². The van der Waals surface area contributed by atoms with Crippen molar-refractivity contribution >= 4 is 49.0 Å². The second kappa shape index (κ2) is 6.04. The lowest BCUT2D eigenvalue weighted by Crippen LogP contribution is -2.16. The fraction of sp³-hybridized carbons (Fsp3) is 0.0833. The van der Waals surface area contributed by atoms with Gasteiger partial charge in [0.25, 0.3) is 10.0 Å². The van der Waals surface area contributed by atoms with Crippen molar-refractivity contribution in [3.8, 4) is 0 Å². The van der Waals surface area contributed by atoms with E-state index < -0.39 is 10.0 Å². The van der Waals surface area contributed by atoms with Crippen LogP contribution in [0, 0.1) is 6.92 Å². The van der Waals surface area contributed by atoms with Crippen LogP contribution >= 0.6 is 28.1 Å². The van der Waals surface area contributed by atoms with Crippen molar-refractivity contribution in [2.24, 2.45) is 5.73 Å². The van der Waals surface area contributed by atoms with E-state index in [4.69, 9.17) is 18.0 Å². The van der Waals surface area contributed by atoms with Crippen LogP contribution in [0.25, 0.3) is 0 Å². The van der Waals surface area contributed by atoms with E-state index in [9.17, 15) is 8.42 Å². The highest BCUT2D eigenvalue weighted by atomic mass is 79.9. The van der Waals surface area contributed by atoms with Crippen molar-refractivity contribution in [2.75, 3.05) is 4.72 Å². The minimum absolute atomic E-state index is 0.00613. The summed E-state index contributed by atoms with van der Waals surface area (Å²) < 4.78 is 27.7. The van der Waals surface area contributed by atoms with Crippen molar-refractivity contribution in [2.45, 2.75) is 11.8 Å². The predicted octanol–water partition coefficient (Wildman–Crippen LogP) is 1.98. The van der Waals surface area contributed by atoms with Gasteiger partial charge in [-0.15, -0.1) is 0 Å². The number of hydrogen-bond acceptors (Lipinski definition) is 5. The second-order valence-corrected chi connectivity index (χ2v) is 7.21. The highest BCUT2D eigenvalue weighted by Crippen LogP contribution is 2.20. The van der Waals surface area contributed by atoms with Gasteiger partial charge >= 0.3 is 0 Å². The average Bonchev–Trinajstić information content (AvgIpc) is 2.42. The highest BCUT2D eigenvalue weighted by Gasteiger charge is 2.17. The standard InChI is InChI=1S/C12H11BrN4O2S2/c1-7-4-8(13)5-16-12(7)17-21(18,19)9-2-3-10(11(14)20)15-6-9/h2-6H,1H3,(H2,14,20)(H,16,17). The SMILES string of the molecule is Cc1cc(Br)cnc1NS(=O)(=O)c1ccc(C(N)=S)nc1. The maximum atomic E-state index is 12.3. The summed E-state index contributed by atoms with van der Waals surface area (Å²) in [5.74, 6) is 0.261. The highest BCUT2D eigenvalue weighted by molar-refractivity contribution is 9.10. The zero-order chi connectivity index (χ0) is 15.6. The van der Waals surface area contributed by atoms with Gasteiger partial charge in [0.05, 0.1) is 5.69 Å². The molecule has 0 amide bonds. The van der Waals surface area contributed by atoms with E-state index in [1.165, 1.54) is 24.5 Å². The van der Waals surface area contributed by atoms with Crippen LogP contribution in [-0.2, 0) is 10.0 Å². The molecule has 2 aromatic rings. The molecule has 2 aromatic heterocycles. The third-order valence-corrected chi connectivity index (χ3v) is 4.54. The van der Waals surface area contributed by atoms with Gasteiger partial charge in [0.15, 0.2) is 0 Å². The van der Waals surface area contributed by atoms with Gasteiger partial charge in [-0.05, 0) is 46.6 Å². The zero-order valence-corrected chi connectivity index (χ0v) is 14.1. The van der Waals surface area contributed by atoms with Crippen LogP contribution in [-0.4, -0.2) is 23.4 Å². The maximum absolute atomic E-state index is 12.3. The molecule has 0 radical (unpaired) electrons. The van der Waals surface area contributed by atoms with Gasteiger partial charge in [-0.2, -0.15) is 0 Å². The van der Waals surface area contributed by atoms with Crippen molar-refractivity contribution < 1.29 is 8.42 Å². The summed E-state index contributed by atoms with van der Waals surface area (Å²) in [6.07, 6.45) is 2.71. The molecule has 0 aliphatic carbocycles. The molecule has 0 aromatic carbocycles. The lowest BCUT2D eigenvalue weighted by molar-refractivity contribution is 0.600. The summed E-state index contributed by atoms with van der Waals surface area (Å²) in [5, 5.41) is 0. The van der Waals surface area contributed by atoms with Gasteiger partial charge < -0.3 is 5.73 Å². The molecule has 9 heteroatoms. The van der Waals surface area contributed by atoms with Crippen LogP contribution in [0.3, 0.4) is 0 Å². The number of aromatic nitrogens is 2. The van der Waals surface area contributed by atoms with Crippen LogP contribution in [0.4, 0.5) is 5.82 Å². The number of halogens is 1. The van der Waals surface area contributed by atoms with Gasteiger partial charge in [-0.3, -0.25) is 9.71 Å². The number of sulfonamides is 1. The van der Waals surface area contributed by atoms with Gasteiger partial charge in [-0.25, -0.2) is 13.4 Å². The van der Waals surface area contributed by atoms with Crippen LogP contribution in [0.15, 0.2) is 40.0 Å². The Morgan fingerprint density at radius 3 is 2.57 bits per heavy atom. The number of thiocarbonyl (C=S) groups is 1. The fourth-order valence-electron chi connectivity index (χ4n) is 1.52. The Morgan fingerprint density at radius 2 is 2.05 bits per heavy atom. The number of nitrogens with zero attached hydrogens (tertiary/aromatic N) is 2. The number of hydrogen-bond donors (Lipinski definition) is 2. The zero-order valence-electron chi connectivity index (χ0n) is 10.9. The topological polar surface area (TPSA) is 98.0 Å². The molecule has 2 rings (SSSR count). The largest absolute Gasteiger partial charge is 0.388 e. The van der Waals surface area contributed by atoms with Gasteiger partial charge in [0.2, 0.25) is 0 Å². The first kappa shape index (κ1) is 15.8. The monoisotopic (exact) mass is 386 g/mol. The van der Waals surface area contributed by atoms with Crippen molar-refractivity contribution in [3.05, 3.63) is 46.3 Å². The molecule has 6 nitrogen and oxygen atoms in total. The first-order valence-electron chi connectivity index (χ1n) is 5.70. The summed E-state index contributed by atoms with van der Waals surface area (Å²) in [5.41, 5.74) is 6.48. The smallest absolute Gasteiger partial charge is 0.264 e. The summed E-state index contributed by atoms with van der Waals surface area (Å²) in [7, 11) is -3.77. The molecule has 0 fully saturated rings. The summed E-state index contributed by atoms with van der Waals surface area (Å²) in [4.78, 5) is 8.06. The Hall–Kier alpha value is -1.58. The van der Waals surface area contributed by atoms with Crippen molar-refractivity contribution in [3.63, 3.8) is 0 Å². The molecule has 0 saturated carbocycles. The summed E-state index contributed by atoms with van der Waals surface area (Å²) >= 11 is 8.04. The number of aryl methyl sites for hydroxylation is 1. The first-order valence-corrected chi connectivity index (χ1v) is 8.39. The Bertz CT molecular complexity index is 791. The molecule has 0 unspecified atom stereocenters. The number of nitrogens with one attached hydrogen (secondary N) is 1. The normalized spacial score (nSPS) is 11.1. The third kappa shape index (κ3) is 3.74. The first-order chi connectivity index (χ1) is 9.79. The Morgan fingerprint density at radius 1 is 1.33 bits per heavy atom. The minimum Gasteiger partial charge on any atom is -0.388 e. The van der Waals surface area contributed by atoms with Crippen LogP contribution < -0.4 is 10.5 Å². The van der Waals surface area contributed by atoms with E-state index in [1.54, 1.807) is 13.0 Å². The molecule has 21 heavy (non-hydrogen) atoms. The number of nitrogens with two attached hydrogens (primary N) is 1. The molecule has 0 spiro atoms. The van der Waals surface area contributed by atoms with E-state index in [0.717, 1.165) is 4.47 Å². The molecule has 110 valence electrons. The lowest BCUT2D eigenvalue weighted by atomic mass is 10.3. The molecular formula is C12H11BrN4O2S2. The second-order valence-electron chi connectivity index (χ2n) is 4.17. The lowest BCUT2D eigenvalue weighted by Gasteiger charge is -2.09. The minimum atomic E-state index is -3.77. The summed E-state index contributed by atoms with van der Waals surface area (Å²) in [6.45, 7) is 1.75. The van der Waals surface area contributed by atoms with E-state index in [2.05, 4.69) is 30.6 Å². The quantitative estimate of drug-likeness (QED) is 0.779. The van der Waals surface area contributed by atoms with Crippen molar-refractivity contribution in [1.82, 2.24) is 9.97 Å². The molecule has 3 N–H and O–H groups in total. The van der Waals surface area contributed by atoms with Gasteiger partial charge in [-0.1, -0.05) is 12.2 Å². The van der Waals surface area contributed by atoms with Crippen LogP contribution in [0.1, 0.15) is 11.3 Å². The predicted molar refractivity (Wildman–Crippen MR) is 87.6 cm³/mol. The Labute approximate surface area is 136 Å². The fourth-order valence-corrected chi connectivity index (χ4v) is 3.11. The number of rotatable bonds is 4. The Kier molecular flexibility index (Phi) is 4.55. The number of anilines is 1. The van der Waals surface area contributed by atoms with Crippen LogP contribution in [0.2, 0.25) is 0 Å². The molecule has 0 atom stereocenters. The third-order valence-electron chi connectivity index (χ3n) is 2.58. The molecule has 0 bridgehead atoms. The molecule has 0 aliphatic rings. The van der Waals surface area contributed by atoms with E-state index in [1.807, 2.05) is 0 Å². The van der Waals surface area contributed by atoms with Gasteiger partial charge in [0.1, 0.15) is 15.7 Å². The van der Waals surface area contributed by atoms with Gasteiger partial charge in [0, 0.05) is 16.9 Å². The van der Waals surface area contributed by atoms with E-state index in [0.29, 0.717) is 11.3 Å².